The van der Waals surface area contributed by atoms with Crippen molar-refractivity contribution in [2.45, 2.75) is 50.7 Å². The molecule has 0 saturated carbocycles. The number of likely N-dealkylation sites (tertiary alicyclic amines) is 1. The van der Waals surface area contributed by atoms with E-state index in [9.17, 15) is 9.18 Å². The lowest BCUT2D eigenvalue weighted by atomic mass is 9.78. The van der Waals surface area contributed by atoms with Gasteiger partial charge in [0, 0.05) is 26.3 Å². The zero-order chi connectivity index (χ0) is 21.5. The zero-order valence-electron chi connectivity index (χ0n) is 18.1. The summed E-state index contributed by atoms with van der Waals surface area (Å²) in [5, 5.41) is 0. The number of benzene rings is 2. The molecule has 4 nitrogen and oxygen atoms in total. The molecule has 2 aromatic carbocycles. The van der Waals surface area contributed by atoms with Crippen molar-refractivity contribution >= 4 is 5.91 Å². The van der Waals surface area contributed by atoms with Gasteiger partial charge in [-0.25, -0.2) is 4.39 Å². The van der Waals surface area contributed by atoms with Crippen molar-refractivity contribution in [3.05, 3.63) is 71.5 Å². The van der Waals surface area contributed by atoms with E-state index in [-0.39, 0.29) is 23.7 Å². The van der Waals surface area contributed by atoms with E-state index in [1.165, 1.54) is 17.7 Å². The summed E-state index contributed by atoms with van der Waals surface area (Å²) in [5.74, 6) is 0.387. The standard InChI is InChI=1S/C26H32FNO3/c27-24-8-4-7-23(17-24)18-25(29)28-13-11-26(12-14-28)19-21(10-16-31-26)9-15-30-20-22-5-2-1-3-6-22/h1-8,17,21H,9-16,18-20H2. The van der Waals surface area contributed by atoms with Crippen LogP contribution in [0, 0.1) is 11.7 Å². The molecular formula is C26H32FNO3. The molecule has 0 N–H and O–H groups in total. The number of amides is 1. The van der Waals surface area contributed by atoms with Gasteiger partial charge in [0.15, 0.2) is 0 Å². The van der Waals surface area contributed by atoms with Crippen LogP contribution in [0.15, 0.2) is 54.6 Å². The van der Waals surface area contributed by atoms with Gasteiger partial charge in [-0.15, -0.1) is 0 Å². The average Bonchev–Trinajstić information content (AvgIpc) is 2.78. The number of hydrogen-bond acceptors (Lipinski definition) is 3. The molecule has 2 aliphatic rings. The molecule has 2 aliphatic heterocycles. The molecule has 2 saturated heterocycles. The highest BCUT2D eigenvalue weighted by Gasteiger charge is 2.40. The highest BCUT2D eigenvalue weighted by molar-refractivity contribution is 5.78. The molecule has 1 amide bonds. The van der Waals surface area contributed by atoms with Crippen molar-refractivity contribution in [3.8, 4) is 0 Å². The topological polar surface area (TPSA) is 38.8 Å². The van der Waals surface area contributed by atoms with Gasteiger partial charge in [-0.3, -0.25) is 4.79 Å². The Morgan fingerprint density at radius 2 is 1.87 bits per heavy atom. The molecule has 2 fully saturated rings. The molecule has 5 heteroatoms. The van der Waals surface area contributed by atoms with Crippen LogP contribution in [-0.2, 0) is 27.3 Å². The van der Waals surface area contributed by atoms with Crippen LogP contribution in [0.1, 0.15) is 43.2 Å². The lowest BCUT2D eigenvalue weighted by Crippen LogP contribution is -2.51. The molecule has 4 rings (SSSR count). The number of ether oxygens (including phenoxy) is 2. The number of hydrogen-bond donors (Lipinski definition) is 0. The second kappa shape index (κ2) is 10.4. The van der Waals surface area contributed by atoms with Crippen molar-refractivity contribution in [1.29, 1.82) is 0 Å². The Morgan fingerprint density at radius 1 is 1.10 bits per heavy atom. The van der Waals surface area contributed by atoms with E-state index in [0.29, 0.717) is 25.6 Å². The fourth-order valence-electron chi connectivity index (χ4n) is 4.84. The minimum absolute atomic E-state index is 0.0714. The first kappa shape index (κ1) is 22.0. The van der Waals surface area contributed by atoms with Crippen LogP contribution < -0.4 is 0 Å². The number of piperidine rings is 1. The van der Waals surface area contributed by atoms with Gasteiger partial charge in [0.05, 0.1) is 18.6 Å². The van der Waals surface area contributed by atoms with E-state index in [0.717, 1.165) is 50.9 Å². The first-order valence-electron chi connectivity index (χ1n) is 11.4. The summed E-state index contributed by atoms with van der Waals surface area (Å²) in [4.78, 5) is 14.6. The predicted octanol–water partition coefficient (Wildman–Crippen LogP) is 4.76. The van der Waals surface area contributed by atoms with Crippen molar-refractivity contribution in [3.63, 3.8) is 0 Å². The predicted molar refractivity (Wildman–Crippen MR) is 118 cm³/mol. The van der Waals surface area contributed by atoms with Gasteiger partial charge in [0.1, 0.15) is 5.82 Å². The Balaban J connectivity index is 1.21. The summed E-state index contributed by atoms with van der Waals surface area (Å²) in [5.41, 5.74) is 1.84. The Labute approximate surface area is 184 Å². The maximum atomic E-state index is 13.4. The first-order chi connectivity index (χ1) is 15.1. The molecule has 2 aromatic rings. The third-order valence-corrected chi connectivity index (χ3v) is 6.65. The van der Waals surface area contributed by atoms with Gasteiger partial charge in [0.2, 0.25) is 5.91 Å². The number of halogens is 1. The van der Waals surface area contributed by atoms with E-state index in [1.807, 2.05) is 23.1 Å². The van der Waals surface area contributed by atoms with Gasteiger partial charge in [-0.05, 0) is 61.3 Å². The van der Waals surface area contributed by atoms with Gasteiger partial charge >= 0.3 is 0 Å². The summed E-state index contributed by atoms with van der Waals surface area (Å²) in [7, 11) is 0. The van der Waals surface area contributed by atoms with E-state index in [1.54, 1.807) is 12.1 Å². The fraction of sp³-hybridized carbons (Fsp3) is 0.500. The number of carbonyl (C=O) groups excluding carboxylic acids is 1. The Bertz CT molecular complexity index is 849. The third kappa shape index (κ3) is 6.14. The minimum atomic E-state index is -0.294. The molecule has 0 radical (unpaired) electrons. The Morgan fingerprint density at radius 3 is 2.65 bits per heavy atom. The van der Waals surface area contributed by atoms with Crippen LogP contribution in [0.5, 0.6) is 0 Å². The average molecular weight is 426 g/mol. The van der Waals surface area contributed by atoms with Crippen molar-refractivity contribution in [2.24, 2.45) is 5.92 Å². The molecule has 1 spiro atoms. The summed E-state index contributed by atoms with van der Waals surface area (Å²) in [6, 6.07) is 16.6. The first-order valence-corrected chi connectivity index (χ1v) is 11.4. The number of carbonyl (C=O) groups is 1. The van der Waals surface area contributed by atoms with Crippen LogP contribution in [-0.4, -0.2) is 42.7 Å². The van der Waals surface area contributed by atoms with E-state index < -0.39 is 0 Å². The van der Waals surface area contributed by atoms with Gasteiger partial charge < -0.3 is 14.4 Å². The maximum Gasteiger partial charge on any atom is 0.226 e. The fourth-order valence-corrected chi connectivity index (χ4v) is 4.84. The van der Waals surface area contributed by atoms with Crippen molar-refractivity contribution in [2.75, 3.05) is 26.3 Å². The van der Waals surface area contributed by atoms with Crippen LogP contribution in [0.4, 0.5) is 4.39 Å². The molecule has 166 valence electrons. The molecule has 31 heavy (non-hydrogen) atoms. The molecular weight excluding hydrogens is 393 g/mol. The lowest BCUT2D eigenvalue weighted by Gasteiger charge is -2.46. The summed E-state index contributed by atoms with van der Waals surface area (Å²) in [6.07, 6.45) is 5.20. The van der Waals surface area contributed by atoms with Crippen LogP contribution in [0.3, 0.4) is 0 Å². The Kier molecular flexibility index (Phi) is 7.36. The molecule has 1 unspecified atom stereocenters. The quantitative estimate of drug-likeness (QED) is 0.600. The van der Waals surface area contributed by atoms with E-state index in [2.05, 4.69) is 12.1 Å². The van der Waals surface area contributed by atoms with Crippen LogP contribution in [0.25, 0.3) is 0 Å². The zero-order valence-corrected chi connectivity index (χ0v) is 18.1. The number of rotatable bonds is 7. The lowest BCUT2D eigenvalue weighted by molar-refractivity contribution is -0.147. The third-order valence-electron chi connectivity index (χ3n) is 6.65. The highest BCUT2D eigenvalue weighted by Crippen LogP contribution is 2.38. The maximum absolute atomic E-state index is 13.4. The molecule has 0 aromatic heterocycles. The monoisotopic (exact) mass is 425 g/mol. The number of nitrogens with zero attached hydrogens (tertiary/aromatic N) is 1. The smallest absolute Gasteiger partial charge is 0.226 e. The second-order valence-corrected chi connectivity index (χ2v) is 8.90. The van der Waals surface area contributed by atoms with Gasteiger partial charge in [0.25, 0.3) is 0 Å². The molecule has 2 heterocycles. The SMILES string of the molecule is O=C(Cc1cccc(F)c1)N1CCC2(CC1)CC(CCOCc1ccccc1)CCO2. The summed E-state index contributed by atoms with van der Waals surface area (Å²) in [6.45, 7) is 3.66. The summed E-state index contributed by atoms with van der Waals surface area (Å²) < 4.78 is 25.5. The minimum Gasteiger partial charge on any atom is -0.377 e. The summed E-state index contributed by atoms with van der Waals surface area (Å²) >= 11 is 0. The highest BCUT2D eigenvalue weighted by atomic mass is 19.1. The van der Waals surface area contributed by atoms with E-state index in [4.69, 9.17) is 9.47 Å². The second-order valence-electron chi connectivity index (χ2n) is 8.90. The van der Waals surface area contributed by atoms with Crippen LogP contribution >= 0.6 is 0 Å². The van der Waals surface area contributed by atoms with Gasteiger partial charge in [-0.2, -0.15) is 0 Å². The van der Waals surface area contributed by atoms with E-state index >= 15 is 0 Å². The molecule has 0 bridgehead atoms. The largest absolute Gasteiger partial charge is 0.377 e. The normalized spacial score (nSPS) is 20.7. The van der Waals surface area contributed by atoms with Crippen molar-refractivity contribution in [1.82, 2.24) is 4.90 Å². The molecule has 0 aliphatic carbocycles. The van der Waals surface area contributed by atoms with Crippen molar-refractivity contribution < 1.29 is 18.7 Å². The van der Waals surface area contributed by atoms with Gasteiger partial charge in [-0.1, -0.05) is 42.5 Å². The molecule has 1 atom stereocenters. The Hall–Kier alpha value is -2.24. The van der Waals surface area contributed by atoms with Crippen LogP contribution in [0.2, 0.25) is 0 Å².